The molecule has 0 saturated carbocycles. The Morgan fingerprint density at radius 3 is 2.71 bits per heavy atom. The molecule has 2 N–H and O–H groups in total. The number of benzene rings is 1. The van der Waals surface area contributed by atoms with Gasteiger partial charge in [-0.25, -0.2) is 13.1 Å². The second-order valence-corrected chi connectivity index (χ2v) is 8.38. The number of rotatable bonds is 11. The van der Waals surface area contributed by atoms with Crippen LogP contribution in [0, 0.1) is 0 Å². The van der Waals surface area contributed by atoms with E-state index >= 15 is 0 Å². The standard InChI is InChI=1S/C18H26ClN5O3S/c1-3-23(4-2)10-11-24-14-16(13-20-24)22-18(25)8-9-21-28(26,27)17-7-5-6-15(19)12-17/h5-7,12-14,21H,3-4,8-11H2,1-2H3,(H,22,25). The Balaban J connectivity index is 1.78. The molecule has 2 aromatic rings. The third-order valence-electron chi connectivity index (χ3n) is 4.21. The summed E-state index contributed by atoms with van der Waals surface area (Å²) in [5, 5.41) is 7.28. The van der Waals surface area contributed by atoms with Crippen LogP contribution in [0.2, 0.25) is 5.02 Å². The second kappa shape index (κ2) is 10.6. The SMILES string of the molecule is CCN(CC)CCn1cc(NC(=O)CCNS(=O)(=O)c2cccc(Cl)c2)cn1. The number of carbonyl (C=O) groups excluding carboxylic acids is 1. The van der Waals surface area contributed by atoms with Gasteiger partial charge in [-0.05, 0) is 31.3 Å². The third-order valence-corrected chi connectivity index (χ3v) is 5.90. The number of aromatic nitrogens is 2. The lowest BCUT2D eigenvalue weighted by Gasteiger charge is -2.17. The van der Waals surface area contributed by atoms with E-state index in [2.05, 4.69) is 33.9 Å². The van der Waals surface area contributed by atoms with E-state index in [1.807, 2.05) is 0 Å². The zero-order valence-electron chi connectivity index (χ0n) is 16.1. The lowest BCUT2D eigenvalue weighted by atomic mass is 10.4. The van der Waals surface area contributed by atoms with Crippen molar-refractivity contribution in [1.82, 2.24) is 19.4 Å². The fourth-order valence-corrected chi connectivity index (χ4v) is 3.91. The minimum absolute atomic E-state index is 0.00439. The molecular weight excluding hydrogens is 402 g/mol. The van der Waals surface area contributed by atoms with Crippen LogP contribution in [-0.2, 0) is 21.4 Å². The number of nitrogens with one attached hydrogen (secondary N) is 2. The predicted molar refractivity (Wildman–Crippen MR) is 110 cm³/mol. The highest BCUT2D eigenvalue weighted by Crippen LogP contribution is 2.15. The molecule has 154 valence electrons. The van der Waals surface area contributed by atoms with Gasteiger partial charge in [-0.2, -0.15) is 5.10 Å². The molecule has 0 radical (unpaired) electrons. The zero-order valence-corrected chi connectivity index (χ0v) is 17.6. The molecular formula is C18H26ClN5O3S. The maximum atomic E-state index is 12.2. The lowest BCUT2D eigenvalue weighted by molar-refractivity contribution is -0.116. The molecule has 1 aromatic heterocycles. The molecule has 0 atom stereocenters. The van der Waals surface area contributed by atoms with E-state index in [0.29, 0.717) is 10.7 Å². The Bertz CT molecular complexity index is 881. The molecule has 0 aliphatic carbocycles. The fourth-order valence-electron chi connectivity index (χ4n) is 2.57. The van der Waals surface area contributed by atoms with E-state index in [9.17, 15) is 13.2 Å². The molecule has 28 heavy (non-hydrogen) atoms. The van der Waals surface area contributed by atoms with Gasteiger partial charge in [-0.1, -0.05) is 31.5 Å². The Morgan fingerprint density at radius 2 is 2.04 bits per heavy atom. The summed E-state index contributed by atoms with van der Waals surface area (Å²) in [5.74, 6) is -0.294. The first kappa shape index (κ1) is 22.4. The van der Waals surface area contributed by atoms with E-state index in [4.69, 9.17) is 11.6 Å². The molecule has 0 spiro atoms. The molecule has 1 heterocycles. The van der Waals surface area contributed by atoms with E-state index in [1.54, 1.807) is 29.2 Å². The smallest absolute Gasteiger partial charge is 0.240 e. The van der Waals surface area contributed by atoms with Crippen molar-refractivity contribution < 1.29 is 13.2 Å². The second-order valence-electron chi connectivity index (χ2n) is 6.17. The summed E-state index contributed by atoms with van der Waals surface area (Å²) < 4.78 is 28.5. The summed E-state index contributed by atoms with van der Waals surface area (Å²) in [6.07, 6.45) is 3.35. The van der Waals surface area contributed by atoms with Gasteiger partial charge >= 0.3 is 0 Å². The van der Waals surface area contributed by atoms with Crippen LogP contribution in [0.1, 0.15) is 20.3 Å². The molecule has 0 aliphatic rings. The van der Waals surface area contributed by atoms with Gasteiger partial charge in [-0.15, -0.1) is 0 Å². The van der Waals surface area contributed by atoms with Crippen molar-refractivity contribution >= 4 is 33.2 Å². The van der Waals surface area contributed by atoms with Crippen LogP contribution in [0.5, 0.6) is 0 Å². The first-order chi connectivity index (χ1) is 13.3. The largest absolute Gasteiger partial charge is 0.323 e. The summed E-state index contributed by atoms with van der Waals surface area (Å²) in [6, 6.07) is 5.95. The van der Waals surface area contributed by atoms with Crippen LogP contribution in [0.3, 0.4) is 0 Å². The molecule has 8 nitrogen and oxygen atoms in total. The highest BCUT2D eigenvalue weighted by Gasteiger charge is 2.14. The molecule has 1 aromatic carbocycles. The predicted octanol–water partition coefficient (Wildman–Crippen LogP) is 2.19. The van der Waals surface area contributed by atoms with E-state index in [1.165, 1.54) is 12.1 Å². The van der Waals surface area contributed by atoms with Gasteiger partial charge in [0, 0.05) is 30.7 Å². The number of amides is 1. The Labute approximate surface area is 170 Å². The molecule has 1 amide bonds. The monoisotopic (exact) mass is 427 g/mol. The summed E-state index contributed by atoms with van der Waals surface area (Å²) in [7, 11) is -3.70. The van der Waals surface area contributed by atoms with Crippen LogP contribution in [0.15, 0.2) is 41.6 Å². The van der Waals surface area contributed by atoms with Crippen LogP contribution >= 0.6 is 11.6 Å². The number of carbonyl (C=O) groups is 1. The molecule has 2 rings (SSSR count). The molecule has 0 bridgehead atoms. The summed E-state index contributed by atoms with van der Waals surface area (Å²) in [5.41, 5.74) is 0.585. The van der Waals surface area contributed by atoms with Gasteiger partial charge < -0.3 is 10.2 Å². The van der Waals surface area contributed by atoms with Crippen molar-refractivity contribution in [3.8, 4) is 0 Å². The van der Waals surface area contributed by atoms with E-state index in [-0.39, 0.29) is 23.8 Å². The van der Waals surface area contributed by atoms with Crippen LogP contribution < -0.4 is 10.0 Å². The van der Waals surface area contributed by atoms with Crippen molar-refractivity contribution in [1.29, 1.82) is 0 Å². The molecule has 10 heteroatoms. The minimum Gasteiger partial charge on any atom is -0.323 e. The fraction of sp³-hybridized carbons (Fsp3) is 0.444. The number of anilines is 1. The van der Waals surface area contributed by atoms with Crippen LogP contribution in [-0.4, -0.2) is 55.2 Å². The Morgan fingerprint density at radius 1 is 1.29 bits per heavy atom. The van der Waals surface area contributed by atoms with Crippen molar-refractivity contribution in [2.24, 2.45) is 0 Å². The minimum atomic E-state index is -3.70. The van der Waals surface area contributed by atoms with Crippen molar-refractivity contribution in [2.75, 3.05) is 31.5 Å². The zero-order chi connectivity index (χ0) is 20.6. The number of nitrogens with zero attached hydrogens (tertiary/aromatic N) is 3. The number of sulfonamides is 1. The van der Waals surface area contributed by atoms with Gasteiger partial charge in [-0.3, -0.25) is 9.48 Å². The quantitative estimate of drug-likeness (QED) is 0.573. The van der Waals surface area contributed by atoms with Gasteiger partial charge in [0.15, 0.2) is 0 Å². The highest BCUT2D eigenvalue weighted by atomic mass is 35.5. The topological polar surface area (TPSA) is 96.3 Å². The lowest BCUT2D eigenvalue weighted by Crippen LogP contribution is -2.28. The van der Waals surface area contributed by atoms with Gasteiger partial charge in [0.2, 0.25) is 15.9 Å². The van der Waals surface area contributed by atoms with Crippen molar-refractivity contribution in [3.05, 3.63) is 41.7 Å². The average molecular weight is 428 g/mol. The van der Waals surface area contributed by atoms with E-state index in [0.717, 1.165) is 26.2 Å². The van der Waals surface area contributed by atoms with E-state index < -0.39 is 10.0 Å². The van der Waals surface area contributed by atoms with Gasteiger partial charge in [0.25, 0.3) is 0 Å². The Kier molecular flexibility index (Phi) is 8.43. The molecule has 0 aliphatic heterocycles. The first-order valence-corrected chi connectivity index (χ1v) is 11.0. The average Bonchev–Trinajstić information content (AvgIpc) is 3.09. The summed E-state index contributed by atoms with van der Waals surface area (Å²) in [6.45, 7) is 7.78. The number of likely N-dealkylation sites (N-methyl/N-ethyl adjacent to an activating group) is 1. The van der Waals surface area contributed by atoms with Crippen LogP contribution in [0.4, 0.5) is 5.69 Å². The maximum absolute atomic E-state index is 12.2. The van der Waals surface area contributed by atoms with Crippen LogP contribution in [0.25, 0.3) is 0 Å². The molecule has 0 fully saturated rings. The Hall–Kier alpha value is -1.94. The first-order valence-electron chi connectivity index (χ1n) is 9.14. The number of hydrogen-bond donors (Lipinski definition) is 2. The molecule has 0 unspecified atom stereocenters. The highest BCUT2D eigenvalue weighted by molar-refractivity contribution is 7.89. The summed E-state index contributed by atoms with van der Waals surface area (Å²) >= 11 is 5.82. The third kappa shape index (κ3) is 6.90. The van der Waals surface area contributed by atoms with Crippen molar-refractivity contribution in [2.45, 2.75) is 31.7 Å². The normalized spacial score (nSPS) is 11.7. The summed E-state index contributed by atoms with van der Waals surface area (Å²) in [4.78, 5) is 14.4. The van der Waals surface area contributed by atoms with Gasteiger partial charge in [0.05, 0.1) is 23.3 Å². The van der Waals surface area contributed by atoms with Gasteiger partial charge in [0.1, 0.15) is 0 Å². The molecule has 0 saturated heterocycles. The number of halogens is 1. The van der Waals surface area contributed by atoms with Crippen molar-refractivity contribution in [3.63, 3.8) is 0 Å². The number of hydrogen-bond acceptors (Lipinski definition) is 5. The maximum Gasteiger partial charge on any atom is 0.240 e.